The third-order valence-corrected chi connectivity index (χ3v) is 6.96. The van der Waals surface area contributed by atoms with E-state index in [1.807, 2.05) is 0 Å². The fourth-order valence-corrected chi connectivity index (χ4v) is 4.90. The highest BCUT2D eigenvalue weighted by Crippen LogP contribution is 2.25. The molecule has 1 aliphatic rings. The molecule has 0 atom stereocenters. The Morgan fingerprint density at radius 2 is 1.86 bits per heavy atom. The van der Waals surface area contributed by atoms with Gasteiger partial charge in [0.2, 0.25) is 0 Å². The third kappa shape index (κ3) is 5.57. The van der Waals surface area contributed by atoms with Crippen LogP contribution in [-0.4, -0.2) is 53.5 Å². The van der Waals surface area contributed by atoms with Crippen LogP contribution >= 0.6 is 0 Å². The molecular formula is C27H31FN4O4. The van der Waals surface area contributed by atoms with Crippen LogP contribution < -0.4 is 16.2 Å². The highest BCUT2D eigenvalue weighted by atomic mass is 19.1. The highest BCUT2D eigenvalue weighted by Gasteiger charge is 2.20. The number of carboxylic acids is 1. The lowest BCUT2D eigenvalue weighted by Gasteiger charge is -2.31. The lowest BCUT2D eigenvalue weighted by Crippen LogP contribution is -2.35. The number of aromatic nitrogens is 1. The Morgan fingerprint density at radius 3 is 2.56 bits per heavy atom. The maximum atomic E-state index is 14.0. The van der Waals surface area contributed by atoms with Gasteiger partial charge in [-0.1, -0.05) is 19.3 Å². The topological polar surface area (TPSA) is 115 Å². The van der Waals surface area contributed by atoms with E-state index in [0.717, 1.165) is 12.8 Å². The van der Waals surface area contributed by atoms with E-state index < -0.39 is 23.3 Å². The van der Waals surface area contributed by atoms with Crippen LogP contribution in [-0.2, 0) is 6.42 Å². The van der Waals surface area contributed by atoms with Gasteiger partial charge in [0.25, 0.3) is 11.5 Å². The third-order valence-electron chi connectivity index (χ3n) is 6.96. The summed E-state index contributed by atoms with van der Waals surface area (Å²) in [7, 11) is 3.68. The number of nitrogens with zero attached hydrogens (tertiary/aromatic N) is 1. The van der Waals surface area contributed by atoms with Crippen molar-refractivity contribution in [3.63, 3.8) is 0 Å². The van der Waals surface area contributed by atoms with Crippen LogP contribution in [0.5, 0.6) is 0 Å². The van der Waals surface area contributed by atoms with Crippen LogP contribution in [0.4, 0.5) is 15.8 Å². The smallest absolute Gasteiger partial charge is 0.335 e. The molecule has 1 aromatic heterocycles. The Balaban J connectivity index is 1.60. The maximum absolute atomic E-state index is 14.0. The molecular weight excluding hydrogens is 463 g/mol. The van der Waals surface area contributed by atoms with Crippen molar-refractivity contribution >= 4 is 34.2 Å². The van der Waals surface area contributed by atoms with Gasteiger partial charge in [-0.05, 0) is 68.3 Å². The summed E-state index contributed by atoms with van der Waals surface area (Å²) in [4.78, 5) is 42.3. The number of nitrogens with one attached hydrogen (secondary N) is 3. The molecule has 0 bridgehead atoms. The van der Waals surface area contributed by atoms with Crippen molar-refractivity contribution in [2.45, 2.75) is 44.6 Å². The van der Waals surface area contributed by atoms with E-state index in [1.54, 1.807) is 19.2 Å². The van der Waals surface area contributed by atoms with Crippen molar-refractivity contribution in [2.75, 3.05) is 31.3 Å². The number of rotatable bonds is 8. The Bertz CT molecular complexity index is 1350. The number of carboxylic acid groups (broad SMARTS) is 1. The van der Waals surface area contributed by atoms with E-state index in [-0.39, 0.29) is 11.1 Å². The monoisotopic (exact) mass is 494 g/mol. The summed E-state index contributed by atoms with van der Waals surface area (Å²) in [5.41, 5.74) is 1.28. The number of benzene rings is 2. The number of carbonyl (C=O) groups excluding carboxylic acids is 1. The summed E-state index contributed by atoms with van der Waals surface area (Å²) < 4.78 is 14.0. The Labute approximate surface area is 208 Å². The van der Waals surface area contributed by atoms with E-state index >= 15 is 0 Å². The lowest BCUT2D eigenvalue weighted by atomic mass is 9.94. The first kappa shape index (κ1) is 25.4. The van der Waals surface area contributed by atoms with Crippen LogP contribution in [0.15, 0.2) is 41.2 Å². The number of anilines is 2. The van der Waals surface area contributed by atoms with E-state index in [1.165, 1.54) is 43.5 Å². The standard InChI is InChI=1S/C27H31FN4O4/c1-29-23-15-19(28)13-18-14-21(26(34)31-24(18)23)25(33)30-22-9-8-17(27(35)36)12-16(22)10-11-32(2)20-6-4-3-5-7-20/h8-9,12-15,20,29H,3-7,10-11H2,1-2H3,(H,30,33)(H,31,34)(H,35,36). The second-order valence-corrected chi connectivity index (χ2v) is 9.33. The molecule has 8 nitrogen and oxygen atoms in total. The van der Waals surface area contributed by atoms with Crippen molar-refractivity contribution in [3.8, 4) is 0 Å². The number of hydrogen-bond donors (Lipinski definition) is 4. The summed E-state index contributed by atoms with van der Waals surface area (Å²) in [6.45, 7) is 0.708. The number of amides is 1. The molecule has 0 unspecified atom stereocenters. The van der Waals surface area contributed by atoms with Crippen LogP contribution in [0.3, 0.4) is 0 Å². The second kappa shape index (κ2) is 10.9. The summed E-state index contributed by atoms with van der Waals surface area (Å²) in [6, 6.07) is 8.90. The number of likely N-dealkylation sites (N-methyl/N-ethyl adjacent to an activating group) is 1. The van der Waals surface area contributed by atoms with E-state index in [0.29, 0.717) is 46.8 Å². The zero-order chi connectivity index (χ0) is 25.8. The molecule has 0 spiro atoms. The van der Waals surface area contributed by atoms with E-state index in [9.17, 15) is 23.9 Å². The van der Waals surface area contributed by atoms with Gasteiger partial charge >= 0.3 is 5.97 Å². The van der Waals surface area contributed by atoms with Gasteiger partial charge in [-0.25, -0.2) is 9.18 Å². The molecule has 2 aromatic carbocycles. The van der Waals surface area contributed by atoms with Gasteiger partial charge in [-0.3, -0.25) is 9.59 Å². The predicted molar refractivity (Wildman–Crippen MR) is 139 cm³/mol. The largest absolute Gasteiger partial charge is 0.478 e. The molecule has 36 heavy (non-hydrogen) atoms. The van der Waals surface area contributed by atoms with Crippen molar-refractivity contribution in [1.82, 2.24) is 9.88 Å². The minimum absolute atomic E-state index is 0.127. The Hall–Kier alpha value is -3.72. The Kier molecular flexibility index (Phi) is 7.69. The normalized spacial score (nSPS) is 14.2. The molecule has 1 saturated carbocycles. The number of halogens is 1. The van der Waals surface area contributed by atoms with Crippen molar-refractivity contribution in [1.29, 1.82) is 0 Å². The number of aromatic amines is 1. The van der Waals surface area contributed by atoms with Crippen LogP contribution in [0.25, 0.3) is 10.9 Å². The molecule has 0 aliphatic heterocycles. The van der Waals surface area contributed by atoms with Crippen LogP contribution in [0.1, 0.15) is 58.4 Å². The first-order valence-corrected chi connectivity index (χ1v) is 12.2. The number of hydrogen-bond acceptors (Lipinski definition) is 5. The minimum atomic E-state index is -1.05. The zero-order valence-corrected chi connectivity index (χ0v) is 20.5. The average molecular weight is 495 g/mol. The highest BCUT2D eigenvalue weighted by molar-refractivity contribution is 6.07. The van der Waals surface area contributed by atoms with E-state index in [2.05, 4.69) is 27.6 Å². The van der Waals surface area contributed by atoms with Gasteiger partial charge < -0.3 is 25.6 Å². The number of aromatic carboxylic acids is 1. The minimum Gasteiger partial charge on any atom is -0.478 e. The lowest BCUT2D eigenvalue weighted by molar-refractivity contribution is 0.0696. The number of pyridine rings is 1. The fourth-order valence-electron chi connectivity index (χ4n) is 4.90. The van der Waals surface area contributed by atoms with Gasteiger partial charge in [-0.2, -0.15) is 0 Å². The molecule has 1 heterocycles. The SMILES string of the molecule is CNc1cc(F)cc2cc(C(=O)Nc3ccc(C(=O)O)cc3CCN(C)C3CCCCC3)c(=O)[nH]c12. The number of carbonyl (C=O) groups is 2. The fraction of sp³-hybridized carbons (Fsp3) is 0.370. The van der Waals surface area contributed by atoms with Gasteiger partial charge in [0, 0.05) is 30.7 Å². The molecule has 1 fully saturated rings. The zero-order valence-electron chi connectivity index (χ0n) is 20.5. The molecule has 0 saturated heterocycles. The summed E-state index contributed by atoms with van der Waals surface area (Å²) in [6.07, 6.45) is 6.52. The van der Waals surface area contributed by atoms with Crippen LogP contribution in [0, 0.1) is 5.82 Å². The first-order chi connectivity index (χ1) is 17.3. The van der Waals surface area contributed by atoms with E-state index in [4.69, 9.17) is 0 Å². The molecule has 190 valence electrons. The van der Waals surface area contributed by atoms with Crippen LogP contribution in [0.2, 0.25) is 0 Å². The van der Waals surface area contributed by atoms with Crippen molar-refractivity contribution in [3.05, 3.63) is 69.3 Å². The molecule has 4 N–H and O–H groups in total. The maximum Gasteiger partial charge on any atom is 0.335 e. The predicted octanol–water partition coefficient (Wildman–Crippen LogP) is 4.47. The van der Waals surface area contributed by atoms with Gasteiger partial charge in [0.1, 0.15) is 11.4 Å². The molecule has 3 aromatic rings. The van der Waals surface area contributed by atoms with Crippen molar-refractivity contribution in [2.24, 2.45) is 0 Å². The summed E-state index contributed by atoms with van der Waals surface area (Å²) >= 11 is 0. The number of fused-ring (bicyclic) bond motifs is 1. The van der Waals surface area contributed by atoms with Gasteiger partial charge in [-0.15, -0.1) is 0 Å². The molecule has 1 aliphatic carbocycles. The van der Waals surface area contributed by atoms with Crippen molar-refractivity contribution < 1.29 is 19.1 Å². The molecule has 9 heteroatoms. The molecule has 1 amide bonds. The Morgan fingerprint density at radius 1 is 1.11 bits per heavy atom. The molecule has 4 rings (SSSR count). The molecule has 0 radical (unpaired) electrons. The first-order valence-electron chi connectivity index (χ1n) is 12.2. The number of H-pyrrole nitrogens is 1. The second-order valence-electron chi connectivity index (χ2n) is 9.33. The quantitative estimate of drug-likeness (QED) is 0.368. The average Bonchev–Trinajstić information content (AvgIpc) is 2.87. The summed E-state index contributed by atoms with van der Waals surface area (Å²) in [5.74, 6) is -2.21. The summed E-state index contributed by atoms with van der Waals surface area (Å²) in [5, 5.41) is 15.4. The van der Waals surface area contributed by atoms with Gasteiger partial charge in [0.15, 0.2) is 0 Å². The van der Waals surface area contributed by atoms with Gasteiger partial charge in [0.05, 0.1) is 16.8 Å².